The van der Waals surface area contributed by atoms with Gasteiger partial charge in [-0.2, -0.15) is 0 Å². The lowest BCUT2D eigenvalue weighted by Crippen LogP contribution is -2.37. The smallest absolute Gasteiger partial charge is 0.325 e. The Bertz CT molecular complexity index is 1100. The molecule has 0 aliphatic carbocycles. The quantitative estimate of drug-likeness (QED) is 0.541. The van der Waals surface area contributed by atoms with Crippen LogP contribution >= 0.6 is 0 Å². The topological polar surface area (TPSA) is 109 Å². The number of amides is 4. The zero-order valence-corrected chi connectivity index (χ0v) is 17.5. The first kappa shape index (κ1) is 20.6. The maximum atomic E-state index is 12.5. The number of carbonyl (C=O) groups is 3. The molecule has 3 aromatic rings. The highest BCUT2D eigenvalue weighted by Crippen LogP contribution is 2.21. The second-order valence-electron chi connectivity index (χ2n) is 7.79. The van der Waals surface area contributed by atoms with Crippen molar-refractivity contribution in [3.05, 3.63) is 54.2 Å². The molecule has 2 N–H and O–H groups in total. The molecular weight excluding hydrogens is 398 g/mol. The SMILES string of the molecule is CC(C)n1c(CCNC(=O)C[C@H]2NC(=O)N(Cc3ccco3)C2=O)nc2ccccc21. The van der Waals surface area contributed by atoms with E-state index in [2.05, 4.69) is 34.0 Å². The van der Waals surface area contributed by atoms with Gasteiger partial charge in [-0.25, -0.2) is 9.78 Å². The summed E-state index contributed by atoms with van der Waals surface area (Å²) in [6.07, 6.45) is 1.93. The van der Waals surface area contributed by atoms with Gasteiger partial charge in [0.1, 0.15) is 17.6 Å². The Balaban J connectivity index is 1.32. The third-order valence-electron chi connectivity index (χ3n) is 5.25. The lowest BCUT2D eigenvalue weighted by Gasteiger charge is -2.14. The van der Waals surface area contributed by atoms with Gasteiger partial charge in [0.2, 0.25) is 5.91 Å². The number of para-hydroxylation sites is 2. The number of rotatable bonds is 8. The molecule has 1 aliphatic heterocycles. The van der Waals surface area contributed by atoms with Gasteiger partial charge < -0.3 is 19.6 Å². The molecule has 0 unspecified atom stereocenters. The van der Waals surface area contributed by atoms with E-state index in [0.717, 1.165) is 21.8 Å². The van der Waals surface area contributed by atoms with Crippen molar-refractivity contribution in [3.8, 4) is 0 Å². The zero-order chi connectivity index (χ0) is 22.0. The molecule has 1 fully saturated rings. The monoisotopic (exact) mass is 423 g/mol. The molecule has 9 nitrogen and oxygen atoms in total. The summed E-state index contributed by atoms with van der Waals surface area (Å²) in [5, 5.41) is 5.40. The standard InChI is InChI=1S/C22H25N5O4/c1-14(2)27-18-8-4-3-7-16(18)24-19(27)9-10-23-20(28)12-17-21(29)26(22(30)25-17)13-15-6-5-11-31-15/h3-8,11,14,17H,9-10,12-13H2,1-2H3,(H,23,28)(H,25,30)/t17-/m1/s1. The number of benzene rings is 1. The fraction of sp³-hybridized carbons (Fsp3) is 0.364. The van der Waals surface area contributed by atoms with Crippen molar-refractivity contribution in [2.24, 2.45) is 0 Å². The van der Waals surface area contributed by atoms with Gasteiger partial charge in [0.25, 0.3) is 5.91 Å². The van der Waals surface area contributed by atoms with Crippen LogP contribution in [0.1, 0.15) is 37.9 Å². The van der Waals surface area contributed by atoms with Gasteiger partial charge in [-0.15, -0.1) is 0 Å². The normalized spacial score (nSPS) is 16.4. The van der Waals surface area contributed by atoms with Gasteiger partial charge >= 0.3 is 6.03 Å². The van der Waals surface area contributed by atoms with Gasteiger partial charge in [-0.3, -0.25) is 14.5 Å². The zero-order valence-electron chi connectivity index (χ0n) is 17.5. The first-order valence-corrected chi connectivity index (χ1v) is 10.3. The van der Waals surface area contributed by atoms with E-state index < -0.39 is 18.0 Å². The van der Waals surface area contributed by atoms with Gasteiger partial charge in [0.05, 0.1) is 30.3 Å². The Morgan fingerprint density at radius 3 is 2.77 bits per heavy atom. The minimum atomic E-state index is -0.872. The molecule has 0 bridgehead atoms. The summed E-state index contributed by atoms with van der Waals surface area (Å²) in [4.78, 5) is 42.7. The van der Waals surface area contributed by atoms with Crippen LogP contribution in [0.25, 0.3) is 11.0 Å². The highest BCUT2D eigenvalue weighted by atomic mass is 16.3. The molecule has 9 heteroatoms. The lowest BCUT2D eigenvalue weighted by atomic mass is 10.2. The van der Waals surface area contributed by atoms with Crippen LogP contribution in [0.15, 0.2) is 47.1 Å². The number of aromatic nitrogens is 2. The van der Waals surface area contributed by atoms with E-state index in [4.69, 9.17) is 4.42 Å². The Morgan fingerprint density at radius 1 is 1.23 bits per heavy atom. The molecule has 4 amide bonds. The van der Waals surface area contributed by atoms with Crippen LogP contribution in [0.2, 0.25) is 0 Å². The molecule has 0 saturated carbocycles. The average Bonchev–Trinajstić information content (AvgIpc) is 3.43. The van der Waals surface area contributed by atoms with Gasteiger partial charge in [-0.05, 0) is 38.1 Å². The van der Waals surface area contributed by atoms with Crippen molar-refractivity contribution in [2.75, 3.05) is 6.54 Å². The molecule has 1 saturated heterocycles. The maximum absolute atomic E-state index is 12.5. The predicted molar refractivity (Wildman–Crippen MR) is 113 cm³/mol. The summed E-state index contributed by atoms with van der Waals surface area (Å²) >= 11 is 0. The van der Waals surface area contributed by atoms with Gasteiger partial charge in [0, 0.05) is 19.0 Å². The summed E-state index contributed by atoms with van der Waals surface area (Å²) in [5.74, 6) is 0.664. The van der Waals surface area contributed by atoms with Crippen LogP contribution in [0.3, 0.4) is 0 Å². The molecule has 31 heavy (non-hydrogen) atoms. The minimum Gasteiger partial charge on any atom is -0.467 e. The van der Waals surface area contributed by atoms with Crippen molar-refractivity contribution in [1.29, 1.82) is 0 Å². The maximum Gasteiger partial charge on any atom is 0.325 e. The van der Waals surface area contributed by atoms with E-state index in [1.165, 1.54) is 6.26 Å². The molecule has 3 heterocycles. The molecule has 4 rings (SSSR count). The summed E-state index contributed by atoms with van der Waals surface area (Å²) in [6.45, 7) is 4.62. The molecule has 2 aromatic heterocycles. The molecule has 1 atom stereocenters. The van der Waals surface area contributed by atoms with Gasteiger partial charge in [-0.1, -0.05) is 12.1 Å². The summed E-state index contributed by atoms with van der Waals surface area (Å²) in [5.41, 5.74) is 1.99. The number of hydrogen-bond acceptors (Lipinski definition) is 5. The van der Waals surface area contributed by atoms with Crippen LogP contribution < -0.4 is 10.6 Å². The third-order valence-corrected chi connectivity index (χ3v) is 5.25. The first-order valence-electron chi connectivity index (χ1n) is 10.3. The minimum absolute atomic E-state index is 0.0429. The Labute approximate surface area is 179 Å². The fourth-order valence-corrected chi connectivity index (χ4v) is 3.84. The lowest BCUT2D eigenvalue weighted by molar-refractivity contribution is -0.131. The Kier molecular flexibility index (Phi) is 5.75. The van der Waals surface area contributed by atoms with E-state index in [9.17, 15) is 14.4 Å². The van der Waals surface area contributed by atoms with E-state index in [0.29, 0.717) is 18.7 Å². The van der Waals surface area contributed by atoms with Crippen molar-refractivity contribution < 1.29 is 18.8 Å². The highest BCUT2D eigenvalue weighted by molar-refractivity contribution is 6.05. The second-order valence-corrected chi connectivity index (χ2v) is 7.79. The van der Waals surface area contributed by atoms with Crippen molar-refractivity contribution >= 4 is 28.9 Å². The third kappa shape index (κ3) is 4.30. The van der Waals surface area contributed by atoms with Crippen LogP contribution in [0, 0.1) is 0 Å². The molecule has 162 valence electrons. The van der Waals surface area contributed by atoms with E-state index in [-0.39, 0.29) is 24.9 Å². The predicted octanol–water partition coefficient (Wildman–Crippen LogP) is 2.38. The summed E-state index contributed by atoms with van der Waals surface area (Å²) < 4.78 is 7.35. The first-order chi connectivity index (χ1) is 14.9. The van der Waals surface area contributed by atoms with Crippen LogP contribution in [-0.4, -0.2) is 44.9 Å². The Hall–Kier alpha value is -3.62. The molecule has 0 radical (unpaired) electrons. The van der Waals surface area contributed by atoms with E-state index >= 15 is 0 Å². The molecule has 0 spiro atoms. The molecular formula is C22H25N5O4. The van der Waals surface area contributed by atoms with E-state index in [1.807, 2.05) is 24.3 Å². The Morgan fingerprint density at radius 2 is 2.03 bits per heavy atom. The average molecular weight is 423 g/mol. The summed E-state index contributed by atoms with van der Waals surface area (Å²) in [7, 11) is 0. The number of fused-ring (bicyclic) bond motifs is 1. The number of nitrogens with zero attached hydrogens (tertiary/aromatic N) is 3. The number of carbonyl (C=O) groups excluding carboxylic acids is 3. The highest BCUT2D eigenvalue weighted by Gasteiger charge is 2.39. The van der Waals surface area contributed by atoms with E-state index in [1.54, 1.807) is 12.1 Å². The number of imide groups is 1. The number of nitrogens with one attached hydrogen (secondary N) is 2. The van der Waals surface area contributed by atoms with Crippen molar-refractivity contribution in [2.45, 2.75) is 45.3 Å². The summed E-state index contributed by atoms with van der Waals surface area (Å²) in [6, 6.07) is 10.2. The van der Waals surface area contributed by atoms with Crippen molar-refractivity contribution in [3.63, 3.8) is 0 Å². The van der Waals surface area contributed by atoms with Crippen LogP contribution in [0.4, 0.5) is 4.79 Å². The second kappa shape index (κ2) is 8.63. The molecule has 1 aromatic carbocycles. The largest absolute Gasteiger partial charge is 0.467 e. The van der Waals surface area contributed by atoms with Crippen LogP contribution in [0.5, 0.6) is 0 Å². The number of imidazole rings is 1. The number of urea groups is 1. The number of hydrogen-bond donors (Lipinski definition) is 2. The van der Waals surface area contributed by atoms with Crippen molar-refractivity contribution in [1.82, 2.24) is 25.1 Å². The fourth-order valence-electron chi connectivity index (χ4n) is 3.84. The molecule has 1 aliphatic rings. The number of furan rings is 1. The van der Waals surface area contributed by atoms with Gasteiger partial charge in [0.15, 0.2) is 0 Å². The van der Waals surface area contributed by atoms with Crippen LogP contribution in [-0.2, 0) is 22.6 Å².